The molecule has 0 bridgehead atoms. The van der Waals surface area contributed by atoms with Gasteiger partial charge in [-0.05, 0) is 25.0 Å². The molecule has 1 aliphatic rings. The summed E-state index contributed by atoms with van der Waals surface area (Å²) in [4.78, 5) is 11.9. The highest BCUT2D eigenvalue weighted by Gasteiger charge is 2.24. The van der Waals surface area contributed by atoms with E-state index in [2.05, 4.69) is 11.2 Å². The summed E-state index contributed by atoms with van der Waals surface area (Å²) in [6, 6.07) is 10.9. The second-order valence-electron chi connectivity index (χ2n) is 5.46. The number of esters is 1. The van der Waals surface area contributed by atoms with Crippen molar-refractivity contribution in [2.75, 3.05) is 0 Å². The Balaban J connectivity index is 1.61. The second kappa shape index (κ2) is 6.44. The van der Waals surface area contributed by atoms with Crippen molar-refractivity contribution in [2.24, 2.45) is 5.92 Å². The maximum Gasteiger partial charge on any atom is 0.309 e. The van der Waals surface area contributed by atoms with Crippen LogP contribution in [0.2, 0.25) is 0 Å². The molecule has 1 saturated carbocycles. The Morgan fingerprint density at radius 1 is 1.32 bits per heavy atom. The van der Waals surface area contributed by atoms with Gasteiger partial charge in [-0.15, -0.1) is 0 Å². The number of rotatable bonds is 4. The van der Waals surface area contributed by atoms with Crippen LogP contribution in [-0.4, -0.2) is 11.1 Å². The Hall–Kier alpha value is -2.61. The van der Waals surface area contributed by atoms with Crippen molar-refractivity contribution < 1.29 is 14.1 Å². The summed E-state index contributed by atoms with van der Waals surface area (Å²) in [7, 11) is 0. The van der Waals surface area contributed by atoms with Gasteiger partial charge in [0.1, 0.15) is 5.69 Å². The highest BCUT2D eigenvalue weighted by molar-refractivity contribution is 5.72. The molecule has 22 heavy (non-hydrogen) atoms. The van der Waals surface area contributed by atoms with E-state index in [9.17, 15) is 4.79 Å². The zero-order chi connectivity index (χ0) is 15.4. The number of ether oxygens (including phenoxy) is 1. The lowest BCUT2D eigenvalue weighted by molar-refractivity contribution is -0.150. The van der Waals surface area contributed by atoms with Crippen LogP contribution in [0.5, 0.6) is 0 Å². The van der Waals surface area contributed by atoms with Crippen molar-refractivity contribution >= 4 is 5.97 Å². The smallest absolute Gasteiger partial charge is 0.309 e. The number of nitriles is 1. The largest absolute Gasteiger partial charge is 0.457 e. The van der Waals surface area contributed by atoms with Gasteiger partial charge < -0.3 is 9.26 Å². The highest BCUT2D eigenvalue weighted by Crippen LogP contribution is 2.26. The number of aromatic nitrogens is 1. The molecule has 0 radical (unpaired) electrons. The Kier molecular flexibility index (Phi) is 4.19. The first-order valence-corrected chi connectivity index (χ1v) is 7.39. The van der Waals surface area contributed by atoms with Gasteiger partial charge in [0, 0.05) is 11.6 Å². The van der Waals surface area contributed by atoms with Gasteiger partial charge in [-0.3, -0.25) is 4.79 Å². The quantitative estimate of drug-likeness (QED) is 0.808. The van der Waals surface area contributed by atoms with Crippen LogP contribution in [0.3, 0.4) is 0 Å². The molecule has 0 N–H and O–H groups in total. The molecule has 0 unspecified atom stereocenters. The summed E-state index contributed by atoms with van der Waals surface area (Å²) in [5, 5.41) is 12.8. The lowest BCUT2D eigenvalue weighted by atomic mass is 10.1. The zero-order valence-electron chi connectivity index (χ0n) is 12.1. The van der Waals surface area contributed by atoms with Crippen LogP contribution in [-0.2, 0) is 16.1 Å². The molecule has 3 rings (SSSR count). The number of hydrogen-bond acceptors (Lipinski definition) is 5. The maximum absolute atomic E-state index is 11.9. The van der Waals surface area contributed by atoms with Gasteiger partial charge in [0.15, 0.2) is 12.4 Å². The van der Waals surface area contributed by atoms with Gasteiger partial charge in [-0.1, -0.05) is 30.1 Å². The molecule has 1 heterocycles. The number of benzene rings is 1. The summed E-state index contributed by atoms with van der Waals surface area (Å²) in [5.41, 5.74) is 2.12. The molecular weight excluding hydrogens is 280 g/mol. The molecule has 1 aromatic heterocycles. The fourth-order valence-electron chi connectivity index (χ4n) is 2.65. The minimum Gasteiger partial charge on any atom is -0.457 e. The number of carbonyl (C=O) groups excluding carboxylic acids is 1. The highest BCUT2D eigenvalue weighted by atomic mass is 16.5. The molecule has 5 nitrogen and oxygen atoms in total. The first-order chi connectivity index (χ1) is 10.8. The molecule has 112 valence electrons. The molecule has 0 atom stereocenters. The molecular formula is C17H16N2O3. The standard InChI is InChI=1S/C17H16N2O3/c18-10-12-5-7-13(8-6-12)16-9-15(22-19-16)11-21-17(20)14-3-1-2-4-14/h5-9,14H,1-4,11H2. The number of carbonyl (C=O) groups is 1. The topological polar surface area (TPSA) is 76.1 Å². The van der Waals surface area contributed by atoms with E-state index in [1.807, 2.05) is 12.1 Å². The molecule has 1 aliphatic carbocycles. The molecule has 1 fully saturated rings. The Morgan fingerprint density at radius 2 is 2.05 bits per heavy atom. The molecule has 0 aliphatic heterocycles. The van der Waals surface area contributed by atoms with E-state index >= 15 is 0 Å². The van der Waals surface area contributed by atoms with Crippen molar-refractivity contribution in [3.63, 3.8) is 0 Å². The predicted molar refractivity (Wildman–Crippen MR) is 78.4 cm³/mol. The molecule has 0 saturated heterocycles. The average molecular weight is 296 g/mol. The van der Waals surface area contributed by atoms with Crippen molar-refractivity contribution in [1.82, 2.24) is 5.16 Å². The average Bonchev–Trinajstić information content (AvgIpc) is 3.24. The van der Waals surface area contributed by atoms with Crippen LogP contribution >= 0.6 is 0 Å². The van der Waals surface area contributed by atoms with Crippen LogP contribution in [0, 0.1) is 17.2 Å². The summed E-state index contributed by atoms with van der Waals surface area (Å²) in [5.74, 6) is 0.417. The van der Waals surface area contributed by atoms with Gasteiger partial charge in [-0.2, -0.15) is 5.26 Å². The minimum absolute atomic E-state index is 0.0425. The van der Waals surface area contributed by atoms with E-state index < -0.39 is 0 Å². The summed E-state index contributed by atoms with van der Waals surface area (Å²) >= 11 is 0. The third-order valence-electron chi connectivity index (χ3n) is 3.91. The van der Waals surface area contributed by atoms with Crippen LogP contribution < -0.4 is 0 Å². The van der Waals surface area contributed by atoms with Crippen LogP contribution in [0.4, 0.5) is 0 Å². The van der Waals surface area contributed by atoms with E-state index in [1.54, 1.807) is 18.2 Å². The van der Waals surface area contributed by atoms with Crippen molar-refractivity contribution in [2.45, 2.75) is 32.3 Å². The van der Waals surface area contributed by atoms with E-state index in [1.165, 1.54) is 0 Å². The van der Waals surface area contributed by atoms with Gasteiger partial charge >= 0.3 is 5.97 Å². The minimum atomic E-state index is -0.145. The third-order valence-corrected chi connectivity index (χ3v) is 3.91. The van der Waals surface area contributed by atoms with Crippen molar-refractivity contribution in [3.8, 4) is 17.3 Å². The van der Waals surface area contributed by atoms with E-state index in [0.29, 0.717) is 17.0 Å². The summed E-state index contributed by atoms with van der Waals surface area (Å²) in [6.07, 6.45) is 4.05. The SMILES string of the molecule is N#Cc1ccc(-c2cc(COC(=O)C3CCCC3)on2)cc1. The van der Waals surface area contributed by atoms with E-state index in [-0.39, 0.29) is 18.5 Å². The number of hydrogen-bond donors (Lipinski definition) is 0. The molecule has 0 spiro atoms. The Morgan fingerprint density at radius 3 is 2.73 bits per heavy atom. The first kappa shape index (κ1) is 14.3. The van der Waals surface area contributed by atoms with Crippen LogP contribution in [0.15, 0.2) is 34.9 Å². The fraction of sp³-hybridized carbons (Fsp3) is 0.353. The zero-order valence-corrected chi connectivity index (χ0v) is 12.1. The van der Waals surface area contributed by atoms with Gasteiger partial charge in [-0.25, -0.2) is 0 Å². The lowest BCUT2D eigenvalue weighted by Gasteiger charge is -2.07. The van der Waals surface area contributed by atoms with Crippen LogP contribution in [0.25, 0.3) is 11.3 Å². The molecule has 1 aromatic carbocycles. The second-order valence-corrected chi connectivity index (χ2v) is 5.46. The van der Waals surface area contributed by atoms with Crippen molar-refractivity contribution in [1.29, 1.82) is 5.26 Å². The van der Waals surface area contributed by atoms with Gasteiger partial charge in [0.2, 0.25) is 0 Å². The molecule has 0 amide bonds. The van der Waals surface area contributed by atoms with Gasteiger partial charge in [0.05, 0.1) is 17.6 Å². The predicted octanol–water partition coefficient (Wildman–Crippen LogP) is 3.45. The van der Waals surface area contributed by atoms with Crippen LogP contribution in [0.1, 0.15) is 37.0 Å². The molecule has 5 heteroatoms. The summed E-state index contributed by atoms with van der Waals surface area (Å²) < 4.78 is 10.5. The van der Waals surface area contributed by atoms with Gasteiger partial charge in [0.25, 0.3) is 0 Å². The molecule has 2 aromatic rings. The normalized spacial score (nSPS) is 14.7. The maximum atomic E-state index is 11.9. The Labute approximate surface area is 128 Å². The van der Waals surface area contributed by atoms with E-state index in [4.69, 9.17) is 14.5 Å². The fourth-order valence-corrected chi connectivity index (χ4v) is 2.65. The Bertz CT molecular complexity index is 691. The van der Waals surface area contributed by atoms with E-state index in [0.717, 1.165) is 31.2 Å². The third kappa shape index (κ3) is 3.17. The van der Waals surface area contributed by atoms with Crippen molar-refractivity contribution in [3.05, 3.63) is 41.7 Å². The lowest BCUT2D eigenvalue weighted by Crippen LogP contribution is -2.14. The summed E-state index contributed by atoms with van der Waals surface area (Å²) in [6.45, 7) is 0.110. The number of nitrogens with zero attached hydrogens (tertiary/aromatic N) is 2. The monoisotopic (exact) mass is 296 g/mol. The first-order valence-electron chi connectivity index (χ1n) is 7.39.